The molecule has 5 heteroatoms. The zero-order valence-corrected chi connectivity index (χ0v) is 12.1. The van der Waals surface area contributed by atoms with Crippen LogP contribution in [0.15, 0.2) is 24.3 Å². The number of nitrogens with zero attached hydrogens (tertiary/aromatic N) is 2. The van der Waals surface area contributed by atoms with Gasteiger partial charge in [-0.05, 0) is 19.4 Å². The van der Waals surface area contributed by atoms with Crippen molar-refractivity contribution in [3.8, 4) is 0 Å². The lowest BCUT2D eigenvalue weighted by Crippen LogP contribution is -2.43. The smallest absolute Gasteiger partial charge is 0.236 e. The molecule has 1 amide bonds. The summed E-state index contributed by atoms with van der Waals surface area (Å²) in [5.41, 5.74) is 6.64. The highest BCUT2D eigenvalue weighted by atomic mass is 19.1. The molecule has 1 fully saturated rings. The van der Waals surface area contributed by atoms with E-state index in [0.29, 0.717) is 5.56 Å². The predicted molar refractivity (Wildman–Crippen MR) is 76.6 cm³/mol. The van der Waals surface area contributed by atoms with Crippen molar-refractivity contribution in [2.45, 2.75) is 25.4 Å². The Morgan fingerprint density at radius 3 is 2.65 bits per heavy atom. The van der Waals surface area contributed by atoms with Crippen molar-refractivity contribution in [2.75, 3.05) is 26.7 Å². The van der Waals surface area contributed by atoms with E-state index in [2.05, 4.69) is 0 Å². The molecule has 2 atom stereocenters. The van der Waals surface area contributed by atoms with Gasteiger partial charge in [0.2, 0.25) is 5.91 Å². The van der Waals surface area contributed by atoms with E-state index in [0.717, 1.165) is 19.5 Å². The molecule has 4 nitrogen and oxygen atoms in total. The summed E-state index contributed by atoms with van der Waals surface area (Å²) < 4.78 is 14.1. The summed E-state index contributed by atoms with van der Waals surface area (Å²) in [6.45, 7) is 3.63. The largest absolute Gasteiger partial charge is 0.345 e. The Labute approximate surface area is 119 Å². The molecule has 1 heterocycles. The number of hydrogen-bond acceptors (Lipinski definition) is 3. The van der Waals surface area contributed by atoms with Gasteiger partial charge in [-0.15, -0.1) is 0 Å². The Bertz CT molecular complexity index is 478. The molecule has 0 saturated carbocycles. The average molecular weight is 279 g/mol. The van der Waals surface area contributed by atoms with Crippen LogP contribution in [-0.2, 0) is 4.79 Å². The quantitative estimate of drug-likeness (QED) is 0.909. The van der Waals surface area contributed by atoms with Gasteiger partial charge in [0, 0.05) is 31.7 Å². The first-order valence-electron chi connectivity index (χ1n) is 6.98. The summed E-state index contributed by atoms with van der Waals surface area (Å²) in [7, 11) is 1.80. The van der Waals surface area contributed by atoms with Crippen LogP contribution in [0.5, 0.6) is 0 Å². The molecule has 2 N–H and O–H groups in total. The van der Waals surface area contributed by atoms with Gasteiger partial charge in [-0.3, -0.25) is 9.69 Å². The number of benzene rings is 1. The Morgan fingerprint density at radius 1 is 1.30 bits per heavy atom. The Morgan fingerprint density at radius 2 is 2.00 bits per heavy atom. The van der Waals surface area contributed by atoms with E-state index in [1.165, 1.54) is 6.07 Å². The van der Waals surface area contributed by atoms with Crippen LogP contribution in [0.2, 0.25) is 0 Å². The van der Waals surface area contributed by atoms with E-state index in [-0.39, 0.29) is 30.4 Å². The van der Waals surface area contributed by atoms with Crippen molar-refractivity contribution >= 4 is 5.91 Å². The minimum atomic E-state index is -0.272. The summed E-state index contributed by atoms with van der Waals surface area (Å²) in [6.07, 6.45) is 0.875. The number of likely N-dealkylation sites (N-methyl/N-ethyl adjacent to an activating group) is 1. The molecule has 1 saturated heterocycles. The fraction of sp³-hybridized carbons (Fsp3) is 0.533. The lowest BCUT2D eigenvalue weighted by molar-refractivity contribution is -0.130. The van der Waals surface area contributed by atoms with E-state index in [4.69, 9.17) is 5.73 Å². The number of hydrogen-bond donors (Lipinski definition) is 1. The molecule has 20 heavy (non-hydrogen) atoms. The van der Waals surface area contributed by atoms with E-state index < -0.39 is 0 Å². The van der Waals surface area contributed by atoms with Crippen molar-refractivity contribution in [3.05, 3.63) is 35.6 Å². The standard InChI is InChI=1S/C15H22FN3O/c1-11(17)15(12-6-3-4-7-13(12)16)19-9-5-8-18(2)14(20)10-19/h3-4,6-7,11,15H,5,8-10,17H2,1-2H3. The van der Waals surface area contributed by atoms with Crippen molar-refractivity contribution in [1.29, 1.82) is 0 Å². The van der Waals surface area contributed by atoms with Gasteiger partial charge in [0.15, 0.2) is 0 Å². The topological polar surface area (TPSA) is 49.6 Å². The molecule has 1 aliphatic rings. The Balaban J connectivity index is 2.29. The number of carbonyl (C=O) groups is 1. The average Bonchev–Trinajstić information content (AvgIpc) is 2.55. The van der Waals surface area contributed by atoms with Crippen LogP contribution in [0.4, 0.5) is 4.39 Å². The molecule has 2 unspecified atom stereocenters. The van der Waals surface area contributed by atoms with Crippen molar-refractivity contribution in [2.24, 2.45) is 5.73 Å². The summed E-state index contributed by atoms with van der Waals surface area (Å²) in [6, 6.07) is 6.14. The van der Waals surface area contributed by atoms with E-state index >= 15 is 0 Å². The maximum absolute atomic E-state index is 14.1. The second-order valence-electron chi connectivity index (χ2n) is 5.46. The third-order valence-corrected chi connectivity index (χ3v) is 3.82. The van der Waals surface area contributed by atoms with Gasteiger partial charge >= 0.3 is 0 Å². The van der Waals surface area contributed by atoms with Gasteiger partial charge < -0.3 is 10.6 Å². The van der Waals surface area contributed by atoms with Crippen LogP contribution < -0.4 is 5.73 Å². The molecule has 0 aliphatic carbocycles. The van der Waals surface area contributed by atoms with Crippen molar-refractivity contribution < 1.29 is 9.18 Å². The lowest BCUT2D eigenvalue weighted by Gasteiger charge is -2.33. The SMILES string of the molecule is CC(N)C(c1ccccc1F)N1CCCN(C)C(=O)C1. The highest BCUT2D eigenvalue weighted by Gasteiger charge is 2.30. The van der Waals surface area contributed by atoms with Crippen LogP contribution in [0.25, 0.3) is 0 Å². The fourth-order valence-corrected chi connectivity index (χ4v) is 2.77. The van der Waals surface area contributed by atoms with E-state index in [9.17, 15) is 9.18 Å². The molecular formula is C15H22FN3O. The van der Waals surface area contributed by atoms with Crippen LogP contribution in [0, 0.1) is 5.82 Å². The first-order valence-corrected chi connectivity index (χ1v) is 6.98. The third kappa shape index (κ3) is 3.16. The monoisotopic (exact) mass is 279 g/mol. The number of nitrogens with two attached hydrogens (primary N) is 1. The van der Waals surface area contributed by atoms with E-state index in [1.54, 1.807) is 30.1 Å². The summed E-state index contributed by atoms with van der Waals surface area (Å²) in [5.74, 6) is -0.204. The summed E-state index contributed by atoms with van der Waals surface area (Å²) in [4.78, 5) is 15.7. The van der Waals surface area contributed by atoms with Gasteiger partial charge in [0.25, 0.3) is 0 Å². The lowest BCUT2D eigenvalue weighted by atomic mass is 9.98. The number of amides is 1. The van der Waals surface area contributed by atoms with Crippen molar-refractivity contribution in [1.82, 2.24) is 9.80 Å². The number of carbonyl (C=O) groups excluding carboxylic acids is 1. The number of rotatable bonds is 3. The zero-order valence-electron chi connectivity index (χ0n) is 12.1. The summed E-state index contributed by atoms with van der Waals surface area (Å²) in [5, 5.41) is 0. The second kappa shape index (κ2) is 6.33. The van der Waals surface area contributed by atoms with Crippen LogP contribution in [0.1, 0.15) is 24.9 Å². The maximum atomic E-state index is 14.1. The van der Waals surface area contributed by atoms with Crippen LogP contribution >= 0.6 is 0 Å². The summed E-state index contributed by atoms with van der Waals surface area (Å²) >= 11 is 0. The van der Waals surface area contributed by atoms with Gasteiger partial charge in [-0.2, -0.15) is 0 Å². The molecule has 0 aromatic heterocycles. The Hall–Kier alpha value is -1.46. The Kier molecular flexibility index (Phi) is 4.73. The molecule has 2 rings (SSSR count). The third-order valence-electron chi connectivity index (χ3n) is 3.82. The fourth-order valence-electron chi connectivity index (χ4n) is 2.77. The first kappa shape index (κ1) is 14.9. The molecule has 1 aromatic rings. The highest BCUT2D eigenvalue weighted by molar-refractivity contribution is 5.78. The van der Waals surface area contributed by atoms with Crippen LogP contribution in [0.3, 0.4) is 0 Å². The molecule has 0 radical (unpaired) electrons. The second-order valence-corrected chi connectivity index (χ2v) is 5.46. The van der Waals surface area contributed by atoms with Crippen LogP contribution in [-0.4, -0.2) is 48.4 Å². The van der Waals surface area contributed by atoms with Gasteiger partial charge in [0.05, 0.1) is 12.6 Å². The zero-order chi connectivity index (χ0) is 14.7. The molecule has 1 aliphatic heterocycles. The molecule has 1 aromatic carbocycles. The first-order chi connectivity index (χ1) is 9.50. The normalized spacial score (nSPS) is 20.6. The molecule has 110 valence electrons. The molecule has 0 spiro atoms. The minimum Gasteiger partial charge on any atom is -0.345 e. The molecule has 0 bridgehead atoms. The van der Waals surface area contributed by atoms with E-state index in [1.807, 2.05) is 11.8 Å². The maximum Gasteiger partial charge on any atom is 0.236 e. The van der Waals surface area contributed by atoms with Gasteiger partial charge in [0.1, 0.15) is 5.82 Å². The highest BCUT2D eigenvalue weighted by Crippen LogP contribution is 2.27. The molecular weight excluding hydrogens is 257 g/mol. The van der Waals surface area contributed by atoms with Gasteiger partial charge in [-0.25, -0.2) is 4.39 Å². The van der Waals surface area contributed by atoms with Gasteiger partial charge in [-0.1, -0.05) is 18.2 Å². The number of halogens is 1. The minimum absolute atomic E-state index is 0.0597. The predicted octanol–water partition coefficient (Wildman–Crippen LogP) is 1.38. The van der Waals surface area contributed by atoms with Crippen molar-refractivity contribution in [3.63, 3.8) is 0 Å².